The second-order valence-corrected chi connectivity index (χ2v) is 4.04. The number of hydrogen-bond acceptors (Lipinski definition) is 6. The van der Waals surface area contributed by atoms with E-state index in [2.05, 4.69) is 0 Å². The number of carbonyl (C=O) groups is 1. The van der Waals surface area contributed by atoms with Crippen LogP contribution in [0, 0.1) is 27.3 Å². The van der Waals surface area contributed by atoms with Gasteiger partial charge in [0.25, 0.3) is 11.6 Å². The standard InChI is InChI=1S/C12H14FN5O3/c1-2-17(5-3-4-14)12(19)8-6-10(16-15)9(13)7-11(8)18(20)21/h6-7,16H,2-3,5,15H2,1H3. The van der Waals surface area contributed by atoms with Crippen LogP contribution in [-0.4, -0.2) is 28.8 Å². The van der Waals surface area contributed by atoms with Gasteiger partial charge >= 0.3 is 0 Å². The molecule has 0 aliphatic rings. The van der Waals surface area contributed by atoms with Crippen LogP contribution in [0.5, 0.6) is 0 Å². The molecule has 112 valence electrons. The molecule has 1 aromatic rings. The highest BCUT2D eigenvalue weighted by molar-refractivity contribution is 5.99. The zero-order valence-corrected chi connectivity index (χ0v) is 11.3. The Bertz CT molecular complexity index is 599. The van der Waals surface area contributed by atoms with Crippen LogP contribution >= 0.6 is 0 Å². The molecule has 0 atom stereocenters. The van der Waals surface area contributed by atoms with E-state index in [1.54, 1.807) is 6.92 Å². The third-order valence-electron chi connectivity index (χ3n) is 2.83. The number of nitro groups is 1. The highest BCUT2D eigenvalue weighted by Crippen LogP contribution is 2.27. The van der Waals surface area contributed by atoms with Gasteiger partial charge < -0.3 is 10.3 Å². The second-order valence-electron chi connectivity index (χ2n) is 4.04. The highest BCUT2D eigenvalue weighted by atomic mass is 19.1. The molecule has 0 unspecified atom stereocenters. The highest BCUT2D eigenvalue weighted by Gasteiger charge is 2.26. The molecule has 0 radical (unpaired) electrons. The van der Waals surface area contributed by atoms with Crippen LogP contribution < -0.4 is 11.3 Å². The minimum atomic E-state index is -0.930. The fourth-order valence-electron chi connectivity index (χ4n) is 1.75. The van der Waals surface area contributed by atoms with Gasteiger partial charge in [-0.05, 0) is 13.0 Å². The summed E-state index contributed by atoms with van der Waals surface area (Å²) in [5.74, 6) is 3.52. The SMILES string of the molecule is CCN(CCC#N)C(=O)c1cc(NN)c(F)cc1[N+](=O)[O-]. The summed E-state index contributed by atoms with van der Waals surface area (Å²) in [6, 6.07) is 3.52. The third-order valence-corrected chi connectivity index (χ3v) is 2.83. The molecule has 0 heterocycles. The van der Waals surface area contributed by atoms with Crippen LogP contribution in [0.25, 0.3) is 0 Å². The maximum Gasteiger partial charge on any atom is 0.285 e. The number of anilines is 1. The Hall–Kier alpha value is -2.73. The molecule has 1 aromatic carbocycles. The fourth-order valence-corrected chi connectivity index (χ4v) is 1.75. The number of hydrazine groups is 1. The molecular weight excluding hydrogens is 281 g/mol. The molecule has 0 fully saturated rings. The number of nitriles is 1. The van der Waals surface area contributed by atoms with Gasteiger partial charge in [-0.2, -0.15) is 5.26 Å². The first-order valence-electron chi connectivity index (χ1n) is 6.07. The topological polar surface area (TPSA) is 125 Å². The summed E-state index contributed by atoms with van der Waals surface area (Å²) < 4.78 is 13.5. The smallest absolute Gasteiger partial charge is 0.285 e. The summed E-state index contributed by atoms with van der Waals surface area (Å²) in [6.45, 7) is 2.07. The minimum absolute atomic E-state index is 0.0938. The molecule has 1 rings (SSSR count). The van der Waals surface area contributed by atoms with Crippen molar-refractivity contribution in [2.75, 3.05) is 18.5 Å². The van der Waals surface area contributed by atoms with Gasteiger partial charge in [0.15, 0.2) is 5.82 Å². The zero-order valence-electron chi connectivity index (χ0n) is 11.3. The molecule has 1 amide bonds. The number of hydrogen-bond donors (Lipinski definition) is 2. The molecule has 3 N–H and O–H groups in total. The van der Waals surface area contributed by atoms with Crippen molar-refractivity contribution >= 4 is 17.3 Å². The van der Waals surface area contributed by atoms with Gasteiger partial charge in [0.2, 0.25) is 0 Å². The summed E-state index contributed by atoms with van der Waals surface area (Å²) in [7, 11) is 0. The number of nitrogens with one attached hydrogen (secondary N) is 1. The molecule has 0 aliphatic heterocycles. The van der Waals surface area contributed by atoms with E-state index in [9.17, 15) is 19.3 Å². The molecule has 0 bridgehead atoms. The fraction of sp³-hybridized carbons (Fsp3) is 0.333. The molecule has 0 saturated carbocycles. The molecule has 21 heavy (non-hydrogen) atoms. The largest absolute Gasteiger partial charge is 0.338 e. The van der Waals surface area contributed by atoms with Gasteiger partial charge in [0.05, 0.1) is 29.2 Å². The first kappa shape index (κ1) is 16.3. The van der Waals surface area contributed by atoms with Crippen molar-refractivity contribution in [1.29, 1.82) is 5.26 Å². The number of nitrogens with zero attached hydrogens (tertiary/aromatic N) is 3. The Morgan fingerprint density at radius 1 is 1.62 bits per heavy atom. The zero-order chi connectivity index (χ0) is 16.0. The number of rotatable bonds is 6. The molecule has 0 saturated heterocycles. The lowest BCUT2D eigenvalue weighted by Gasteiger charge is -2.19. The van der Waals surface area contributed by atoms with Gasteiger partial charge in [-0.3, -0.25) is 20.8 Å². The number of carbonyl (C=O) groups excluding carboxylic acids is 1. The van der Waals surface area contributed by atoms with E-state index in [1.165, 1.54) is 4.90 Å². The summed E-state index contributed by atoms with van der Waals surface area (Å²) in [5, 5.41) is 19.5. The second kappa shape index (κ2) is 7.16. The normalized spacial score (nSPS) is 9.81. The molecular formula is C12H14FN5O3. The van der Waals surface area contributed by atoms with Crippen LogP contribution in [0.1, 0.15) is 23.7 Å². The lowest BCUT2D eigenvalue weighted by atomic mass is 10.1. The Kier molecular flexibility index (Phi) is 5.57. The molecule has 0 aliphatic carbocycles. The third kappa shape index (κ3) is 3.64. The van der Waals surface area contributed by atoms with Gasteiger partial charge in [-0.1, -0.05) is 0 Å². The Labute approximate surface area is 120 Å². The number of halogens is 1. The van der Waals surface area contributed by atoms with Crippen LogP contribution in [-0.2, 0) is 0 Å². The van der Waals surface area contributed by atoms with Gasteiger partial charge in [0, 0.05) is 13.1 Å². The average Bonchev–Trinajstić information content (AvgIpc) is 2.47. The van der Waals surface area contributed by atoms with E-state index in [0.717, 1.165) is 6.07 Å². The Balaban J connectivity index is 3.29. The quantitative estimate of drug-likeness (QED) is 0.464. The van der Waals surface area contributed by atoms with Crippen molar-refractivity contribution in [1.82, 2.24) is 4.90 Å². The predicted octanol–water partition coefficient (Wildman–Crippen LogP) is 1.40. The number of benzene rings is 1. The van der Waals surface area contributed by atoms with Crippen molar-refractivity contribution in [3.63, 3.8) is 0 Å². The van der Waals surface area contributed by atoms with Crippen molar-refractivity contribution in [2.45, 2.75) is 13.3 Å². The average molecular weight is 295 g/mol. The number of amides is 1. The number of nitrogens with two attached hydrogens (primary N) is 1. The van der Waals surface area contributed by atoms with Crippen LogP contribution in [0.4, 0.5) is 15.8 Å². The van der Waals surface area contributed by atoms with E-state index < -0.39 is 22.3 Å². The molecule has 8 nitrogen and oxygen atoms in total. The molecule has 9 heteroatoms. The van der Waals surface area contributed by atoms with E-state index in [-0.39, 0.29) is 30.8 Å². The maximum atomic E-state index is 13.5. The van der Waals surface area contributed by atoms with Crippen molar-refractivity contribution in [3.05, 3.63) is 33.6 Å². The van der Waals surface area contributed by atoms with Gasteiger partial charge in [-0.15, -0.1) is 0 Å². The summed E-state index contributed by atoms with van der Waals surface area (Å²) in [6.07, 6.45) is 0.0938. The van der Waals surface area contributed by atoms with Crippen LogP contribution in [0.15, 0.2) is 12.1 Å². The molecule has 0 spiro atoms. The van der Waals surface area contributed by atoms with Gasteiger partial charge in [-0.25, -0.2) is 4.39 Å². The van der Waals surface area contributed by atoms with Crippen LogP contribution in [0.3, 0.4) is 0 Å². The summed E-state index contributed by atoms with van der Waals surface area (Å²) in [4.78, 5) is 23.7. The summed E-state index contributed by atoms with van der Waals surface area (Å²) >= 11 is 0. The van der Waals surface area contributed by atoms with Crippen molar-refractivity contribution < 1.29 is 14.1 Å². The first-order valence-corrected chi connectivity index (χ1v) is 6.07. The maximum absolute atomic E-state index is 13.5. The monoisotopic (exact) mass is 295 g/mol. The lowest BCUT2D eigenvalue weighted by Crippen LogP contribution is -2.32. The lowest BCUT2D eigenvalue weighted by molar-refractivity contribution is -0.385. The van der Waals surface area contributed by atoms with E-state index in [0.29, 0.717) is 6.07 Å². The summed E-state index contributed by atoms with van der Waals surface area (Å²) in [5.41, 5.74) is 0.885. The number of nitro benzene ring substituents is 1. The van der Waals surface area contributed by atoms with Gasteiger partial charge in [0.1, 0.15) is 5.56 Å². The Morgan fingerprint density at radius 3 is 2.76 bits per heavy atom. The van der Waals surface area contributed by atoms with E-state index in [4.69, 9.17) is 11.1 Å². The van der Waals surface area contributed by atoms with E-state index in [1.807, 2.05) is 11.5 Å². The number of nitrogen functional groups attached to an aromatic ring is 1. The predicted molar refractivity (Wildman–Crippen MR) is 72.7 cm³/mol. The molecule has 0 aromatic heterocycles. The Morgan fingerprint density at radius 2 is 2.29 bits per heavy atom. The van der Waals surface area contributed by atoms with Crippen LogP contribution in [0.2, 0.25) is 0 Å². The first-order chi connectivity index (χ1) is 9.96. The van der Waals surface area contributed by atoms with Crippen molar-refractivity contribution in [2.24, 2.45) is 5.84 Å². The van der Waals surface area contributed by atoms with E-state index >= 15 is 0 Å². The minimum Gasteiger partial charge on any atom is -0.338 e. The van der Waals surface area contributed by atoms with Crippen molar-refractivity contribution in [3.8, 4) is 6.07 Å².